The van der Waals surface area contributed by atoms with Crippen LogP contribution in [0.1, 0.15) is 37.7 Å². The van der Waals surface area contributed by atoms with Gasteiger partial charge in [0.25, 0.3) is 0 Å². The molecule has 3 fully saturated rings. The van der Waals surface area contributed by atoms with Crippen LogP contribution in [0.3, 0.4) is 0 Å². The molecule has 3 aliphatic rings. The first kappa shape index (κ1) is 20.3. The number of rotatable bonds is 5. The summed E-state index contributed by atoms with van der Waals surface area (Å²) in [6.45, 7) is 1.27. The van der Waals surface area contributed by atoms with Gasteiger partial charge in [0.05, 0.1) is 37.9 Å². The highest BCUT2D eigenvalue weighted by molar-refractivity contribution is 5.81. The first-order valence-corrected chi connectivity index (χ1v) is 10.5. The number of carbonyl (C=O) groups excluding carboxylic acids is 2. The Labute approximate surface area is 170 Å². The van der Waals surface area contributed by atoms with Crippen LogP contribution in [0.2, 0.25) is 0 Å². The van der Waals surface area contributed by atoms with Crippen LogP contribution in [0.15, 0.2) is 24.5 Å². The van der Waals surface area contributed by atoms with E-state index < -0.39 is 6.10 Å². The first-order chi connectivity index (χ1) is 14.1. The maximum atomic E-state index is 12.8. The molecule has 1 saturated carbocycles. The number of aliphatic hydroxyl groups is 1. The molecule has 4 atom stereocenters. The summed E-state index contributed by atoms with van der Waals surface area (Å²) in [7, 11) is 0. The SMILES string of the molecule is O=C(C[C@H]1CC[C@@H]2[C@H](COC[C@H](O)CN2C(=O)C2CC2)O1)NCc1ccncc1. The van der Waals surface area contributed by atoms with Crippen molar-refractivity contribution >= 4 is 11.8 Å². The van der Waals surface area contributed by atoms with Gasteiger partial charge in [-0.15, -0.1) is 0 Å². The van der Waals surface area contributed by atoms with Gasteiger partial charge in [-0.3, -0.25) is 14.6 Å². The molecule has 29 heavy (non-hydrogen) atoms. The highest BCUT2D eigenvalue weighted by Gasteiger charge is 2.43. The fourth-order valence-electron chi connectivity index (χ4n) is 4.14. The molecule has 1 aliphatic carbocycles. The molecule has 1 aromatic heterocycles. The summed E-state index contributed by atoms with van der Waals surface area (Å²) < 4.78 is 11.8. The second-order valence-electron chi connectivity index (χ2n) is 8.23. The molecule has 8 nitrogen and oxygen atoms in total. The van der Waals surface area contributed by atoms with Crippen molar-refractivity contribution in [2.45, 2.75) is 63.0 Å². The molecule has 3 heterocycles. The van der Waals surface area contributed by atoms with Gasteiger partial charge < -0.3 is 24.8 Å². The first-order valence-electron chi connectivity index (χ1n) is 10.5. The Bertz CT molecular complexity index is 712. The topological polar surface area (TPSA) is 101 Å². The Kier molecular flexibility index (Phi) is 6.42. The van der Waals surface area contributed by atoms with Gasteiger partial charge in [-0.25, -0.2) is 0 Å². The Balaban J connectivity index is 1.32. The fourth-order valence-corrected chi connectivity index (χ4v) is 4.14. The number of hydrogen-bond donors (Lipinski definition) is 2. The van der Waals surface area contributed by atoms with E-state index in [2.05, 4.69) is 10.3 Å². The minimum Gasteiger partial charge on any atom is -0.389 e. The molecule has 2 saturated heterocycles. The Morgan fingerprint density at radius 1 is 1.17 bits per heavy atom. The number of nitrogens with zero attached hydrogens (tertiary/aromatic N) is 2. The van der Waals surface area contributed by atoms with Crippen LogP contribution >= 0.6 is 0 Å². The summed E-state index contributed by atoms with van der Waals surface area (Å²) in [5.41, 5.74) is 0.999. The van der Waals surface area contributed by atoms with Crippen LogP contribution < -0.4 is 5.32 Å². The van der Waals surface area contributed by atoms with Gasteiger partial charge in [0.2, 0.25) is 11.8 Å². The van der Waals surface area contributed by atoms with E-state index in [9.17, 15) is 14.7 Å². The number of ether oxygens (including phenoxy) is 2. The summed E-state index contributed by atoms with van der Waals surface area (Å²) in [5, 5.41) is 13.1. The van der Waals surface area contributed by atoms with Crippen LogP contribution in [0.25, 0.3) is 0 Å². The fraction of sp³-hybridized carbons (Fsp3) is 0.667. The van der Waals surface area contributed by atoms with Gasteiger partial charge >= 0.3 is 0 Å². The summed E-state index contributed by atoms with van der Waals surface area (Å²) >= 11 is 0. The molecule has 158 valence electrons. The van der Waals surface area contributed by atoms with E-state index in [1.54, 1.807) is 12.4 Å². The largest absolute Gasteiger partial charge is 0.389 e. The minimum atomic E-state index is -0.671. The number of β-amino-alcohol motifs (C(OH)–C–C–N with tert-alkyl or cyclic N) is 1. The average molecular weight is 403 g/mol. The van der Waals surface area contributed by atoms with E-state index in [1.807, 2.05) is 17.0 Å². The van der Waals surface area contributed by atoms with Gasteiger partial charge in [0, 0.05) is 31.4 Å². The zero-order valence-corrected chi connectivity index (χ0v) is 16.5. The average Bonchev–Trinajstić information content (AvgIpc) is 3.55. The van der Waals surface area contributed by atoms with E-state index in [0.717, 1.165) is 24.8 Å². The Morgan fingerprint density at radius 3 is 2.72 bits per heavy atom. The predicted octanol–water partition coefficient (Wildman–Crippen LogP) is 0.634. The predicted molar refractivity (Wildman–Crippen MR) is 104 cm³/mol. The van der Waals surface area contributed by atoms with Gasteiger partial charge in [0.15, 0.2) is 0 Å². The van der Waals surface area contributed by atoms with Gasteiger partial charge in [-0.05, 0) is 43.4 Å². The third-order valence-corrected chi connectivity index (χ3v) is 5.84. The molecule has 2 amide bonds. The van der Waals surface area contributed by atoms with Crippen molar-refractivity contribution in [1.82, 2.24) is 15.2 Å². The number of fused-ring (bicyclic) bond motifs is 1. The van der Waals surface area contributed by atoms with Gasteiger partial charge in [-0.2, -0.15) is 0 Å². The number of carbonyl (C=O) groups is 2. The maximum Gasteiger partial charge on any atom is 0.226 e. The van der Waals surface area contributed by atoms with Crippen molar-refractivity contribution in [3.8, 4) is 0 Å². The van der Waals surface area contributed by atoms with Crippen LogP contribution in [-0.4, -0.2) is 70.9 Å². The molecule has 2 aliphatic heterocycles. The third-order valence-electron chi connectivity index (χ3n) is 5.84. The molecule has 8 heteroatoms. The molecule has 0 spiro atoms. The van der Waals surface area contributed by atoms with E-state index in [4.69, 9.17) is 9.47 Å². The molecular formula is C21H29N3O5. The highest BCUT2D eigenvalue weighted by Crippen LogP contribution is 2.35. The second kappa shape index (κ2) is 9.19. The highest BCUT2D eigenvalue weighted by atomic mass is 16.5. The zero-order valence-electron chi connectivity index (χ0n) is 16.5. The van der Waals surface area contributed by atoms with E-state index in [-0.39, 0.29) is 55.6 Å². The van der Waals surface area contributed by atoms with Crippen molar-refractivity contribution in [3.05, 3.63) is 30.1 Å². The molecule has 0 unspecified atom stereocenters. The van der Waals surface area contributed by atoms with E-state index in [1.165, 1.54) is 0 Å². The molecule has 0 radical (unpaired) electrons. The minimum absolute atomic E-state index is 0.0571. The third kappa shape index (κ3) is 5.32. The van der Waals surface area contributed by atoms with Crippen molar-refractivity contribution in [3.63, 3.8) is 0 Å². The van der Waals surface area contributed by atoms with E-state index in [0.29, 0.717) is 19.6 Å². The normalized spacial score (nSPS) is 30.0. The van der Waals surface area contributed by atoms with Crippen LogP contribution in [0.4, 0.5) is 0 Å². The lowest BCUT2D eigenvalue weighted by Crippen LogP contribution is -2.57. The van der Waals surface area contributed by atoms with Crippen molar-refractivity contribution < 1.29 is 24.2 Å². The molecule has 4 rings (SSSR count). The molecule has 0 aromatic carbocycles. The summed E-state index contributed by atoms with van der Waals surface area (Å²) in [6, 6.07) is 3.63. The second-order valence-corrected chi connectivity index (χ2v) is 8.23. The Hall–Kier alpha value is -2.03. The van der Waals surface area contributed by atoms with Crippen molar-refractivity contribution in [2.75, 3.05) is 19.8 Å². The smallest absolute Gasteiger partial charge is 0.226 e. The lowest BCUT2D eigenvalue weighted by Gasteiger charge is -2.44. The summed E-state index contributed by atoms with van der Waals surface area (Å²) in [4.78, 5) is 30.9. The van der Waals surface area contributed by atoms with Crippen molar-refractivity contribution in [2.24, 2.45) is 5.92 Å². The lowest BCUT2D eigenvalue weighted by molar-refractivity contribution is -0.170. The zero-order chi connectivity index (χ0) is 20.2. The van der Waals surface area contributed by atoms with Crippen LogP contribution in [-0.2, 0) is 25.6 Å². The molecule has 0 bridgehead atoms. The van der Waals surface area contributed by atoms with Gasteiger partial charge in [-0.1, -0.05) is 0 Å². The lowest BCUT2D eigenvalue weighted by atomic mass is 9.94. The van der Waals surface area contributed by atoms with E-state index >= 15 is 0 Å². The number of pyridine rings is 1. The van der Waals surface area contributed by atoms with Crippen LogP contribution in [0, 0.1) is 5.92 Å². The molecular weight excluding hydrogens is 374 g/mol. The summed E-state index contributed by atoms with van der Waals surface area (Å²) in [5.74, 6) is 0.163. The molecule has 2 N–H and O–H groups in total. The number of aromatic nitrogens is 1. The van der Waals surface area contributed by atoms with Gasteiger partial charge in [0.1, 0.15) is 6.10 Å². The molecule has 1 aromatic rings. The van der Waals surface area contributed by atoms with Crippen molar-refractivity contribution in [1.29, 1.82) is 0 Å². The summed E-state index contributed by atoms with van der Waals surface area (Å²) in [6.07, 6.45) is 5.87. The monoisotopic (exact) mass is 403 g/mol. The number of aliphatic hydroxyl groups excluding tert-OH is 1. The number of hydrogen-bond acceptors (Lipinski definition) is 6. The quantitative estimate of drug-likeness (QED) is 0.748. The maximum absolute atomic E-state index is 12.8. The number of amides is 2. The number of nitrogens with one attached hydrogen (secondary N) is 1. The standard InChI is InChI=1S/C21H29N3O5/c25-16-11-24(21(27)15-1-2-15)18-4-3-17(29-19(18)13-28-12-16)9-20(26)23-10-14-5-7-22-8-6-14/h5-8,15-19,25H,1-4,9-13H2,(H,23,26)/t16-,17-,18-,19+/m1/s1. The van der Waals surface area contributed by atoms with Crippen LogP contribution in [0.5, 0.6) is 0 Å². The Morgan fingerprint density at radius 2 is 1.97 bits per heavy atom.